The molecule has 0 fully saturated rings. The van der Waals surface area contributed by atoms with Crippen molar-refractivity contribution in [1.29, 1.82) is 0 Å². The Labute approximate surface area is 174 Å². The van der Waals surface area contributed by atoms with Gasteiger partial charge in [0.05, 0.1) is 24.2 Å². The highest BCUT2D eigenvalue weighted by Gasteiger charge is 2.29. The smallest absolute Gasteiger partial charge is 0.342 e. The predicted octanol–water partition coefficient (Wildman–Crippen LogP) is 2.55. The summed E-state index contributed by atoms with van der Waals surface area (Å²) < 4.78 is 20.9. The maximum Gasteiger partial charge on any atom is 0.342 e. The molecule has 0 aliphatic heterocycles. The van der Waals surface area contributed by atoms with Gasteiger partial charge in [-0.3, -0.25) is 14.9 Å². The van der Waals surface area contributed by atoms with Crippen LogP contribution in [0.2, 0.25) is 0 Å². The highest BCUT2D eigenvalue weighted by Crippen LogP contribution is 2.29. The predicted molar refractivity (Wildman–Crippen MR) is 104 cm³/mol. The summed E-state index contributed by atoms with van der Waals surface area (Å²) in [6, 6.07) is 1.69. The maximum absolute atomic E-state index is 12.3. The van der Waals surface area contributed by atoms with Gasteiger partial charge in [0.2, 0.25) is 11.8 Å². The zero-order valence-corrected chi connectivity index (χ0v) is 17.1. The number of anilines is 1. The van der Waals surface area contributed by atoms with Gasteiger partial charge in [0.15, 0.2) is 0 Å². The molecule has 0 aliphatic rings. The molecule has 0 unspecified atom stereocenters. The van der Waals surface area contributed by atoms with E-state index in [-0.39, 0.29) is 46.2 Å². The second kappa shape index (κ2) is 8.86. The molecule has 0 aromatic carbocycles. The number of primary amides is 1. The second-order valence-corrected chi connectivity index (χ2v) is 6.85. The monoisotopic (exact) mass is 434 g/mol. The normalized spacial score (nSPS) is 10.8. The first kappa shape index (κ1) is 21.2. The molecule has 11 nitrogen and oxygen atoms in total. The zero-order chi connectivity index (χ0) is 21.8. The molecule has 3 rings (SSSR count). The first-order chi connectivity index (χ1) is 14.3. The SMILES string of the molecule is CCOC(=O)c1c(C)oc(NC(=O)CSc2nnc(-c3ccoc3C)o2)c1C(N)=O. The van der Waals surface area contributed by atoms with Crippen molar-refractivity contribution in [3.8, 4) is 11.5 Å². The maximum atomic E-state index is 12.3. The van der Waals surface area contributed by atoms with Gasteiger partial charge in [0, 0.05) is 0 Å². The Bertz CT molecular complexity index is 1100. The first-order valence-electron chi connectivity index (χ1n) is 8.72. The Morgan fingerprint density at radius 3 is 2.57 bits per heavy atom. The van der Waals surface area contributed by atoms with Crippen molar-refractivity contribution in [1.82, 2.24) is 10.2 Å². The van der Waals surface area contributed by atoms with E-state index >= 15 is 0 Å². The highest BCUT2D eigenvalue weighted by molar-refractivity contribution is 7.99. The Morgan fingerprint density at radius 1 is 1.17 bits per heavy atom. The summed E-state index contributed by atoms with van der Waals surface area (Å²) in [6.45, 7) is 4.94. The van der Waals surface area contributed by atoms with Crippen molar-refractivity contribution >= 4 is 35.4 Å². The largest absolute Gasteiger partial charge is 0.469 e. The molecule has 3 N–H and O–H groups in total. The number of hydrogen-bond donors (Lipinski definition) is 2. The summed E-state index contributed by atoms with van der Waals surface area (Å²) in [5.41, 5.74) is 5.64. The van der Waals surface area contributed by atoms with Gasteiger partial charge in [-0.05, 0) is 26.8 Å². The van der Waals surface area contributed by atoms with Gasteiger partial charge < -0.3 is 23.7 Å². The van der Waals surface area contributed by atoms with E-state index in [9.17, 15) is 14.4 Å². The van der Waals surface area contributed by atoms with Crippen molar-refractivity contribution < 1.29 is 32.4 Å². The van der Waals surface area contributed by atoms with Crippen molar-refractivity contribution in [2.75, 3.05) is 17.7 Å². The number of nitrogens with one attached hydrogen (secondary N) is 1. The summed E-state index contributed by atoms with van der Waals surface area (Å²) in [7, 11) is 0. The van der Waals surface area contributed by atoms with E-state index in [2.05, 4.69) is 15.5 Å². The summed E-state index contributed by atoms with van der Waals surface area (Å²) in [5.74, 6) is -1.61. The number of hydrogen-bond acceptors (Lipinski definition) is 10. The molecule has 3 aromatic heterocycles. The van der Waals surface area contributed by atoms with Gasteiger partial charge in [-0.1, -0.05) is 11.8 Å². The highest BCUT2D eigenvalue weighted by atomic mass is 32.2. The number of carbonyl (C=O) groups is 3. The Hall–Kier alpha value is -3.54. The van der Waals surface area contributed by atoms with Crippen LogP contribution in [0.3, 0.4) is 0 Å². The van der Waals surface area contributed by atoms with Crippen LogP contribution in [-0.2, 0) is 9.53 Å². The van der Waals surface area contributed by atoms with E-state index in [1.54, 1.807) is 19.9 Å². The summed E-state index contributed by atoms with van der Waals surface area (Å²) in [4.78, 5) is 36.2. The van der Waals surface area contributed by atoms with E-state index in [0.717, 1.165) is 11.8 Å². The van der Waals surface area contributed by atoms with E-state index in [1.165, 1.54) is 13.2 Å². The van der Waals surface area contributed by atoms with Gasteiger partial charge in [0.1, 0.15) is 22.6 Å². The molecule has 3 heterocycles. The van der Waals surface area contributed by atoms with Crippen molar-refractivity contribution in [2.45, 2.75) is 26.0 Å². The molecular weight excluding hydrogens is 416 g/mol. The molecule has 0 saturated heterocycles. The molecule has 2 amide bonds. The minimum absolute atomic E-state index is 0.0993. The Kier molecular flexibility index (Phi) is 6.26. The standard InChI is InChI=1S/C18H18N4O7S/c1-4-26-17(25)12-9(3)28-16(13(12)14(19)24)20-11(23)7-30-18-22-21-15(29-18)10-5-6-27-8(10)2/h5-6H,4,7H2,1-3H3,(H2,19,24)(H,20,23). The van der Waals surface area contributed by atoms with Gasteiger partial charge in [-0.15, -0.1) is 10.2 Å². The first-order valence-corrected chi connectivity index (χ1v) is 9.71. The van der Waals surface area contributed by atoms with Crippen LogP contribution in [0.4, 0.5) is 5.88 Å². The lowest BCUT2D eigenvalue weighted by Crippen LogP contribution is -2.21. The van der Waals surface area contributed by atoms with Gasteiger partial charge in [-0.2, -0.15) is 0 Å². The lowest BCUT2D eigenvalue weighted by Gasteiger charge is -2.04. The number of ether oxygens (including phenoxy) is 1. The fourth-order valence-electron chi connectivity index (χ4n) is 2.59. The fraction of sp³-hybridized carbons (Fsp3) is 0.278. The van der Waals surface area contributed by atoms with E-state index in [0.29, 0.717) is 11.3 Å². The molecule has 0 atom stereocenters. The molecular formula is C18H18N4O7S. The zero-order valence-electron chi connectivity index (χ0n) is 16.3. The lowest BCUT2D eigenvalue weighted by molar-refractivity contribution is -0.113. The van der Waals surface area contributed by atoms with E-state index in [4.69, 9.17) is 23.7 Å². The number of nitrogens with two attached hydrogens (primary N) is 1. The van der Waals surface area contributed by atoms with Gasteiger partial charge >= 0.3 is 5.97 Å². The number of aryl methyl sites for hydroxylation is 2. The average molecular weight is 434 g/mol. The van der Waals surface area contributed by atoms with Crippen LogP contribution in [-0.4, -0.2) is 40.3 Å². The Balaban J connectivity index is 1.69. The molecule has 158 valence electrons. The third-order valence-electron chi connectivity index (χ3n) is 3.89. The van der Waals surface area contributed by atoms with Crippen LogP contribution in [0, 0.1) is 13.8 Å². The van der Waals surface area contributed by atoms with Crippen LogP contribution in [0.15, 0.2) is 30.8 Å². The fourth-order valence-corrected chi connectivity index (χ4v) is 3.15. The molecule has 0 aliphatic carbocycles. The number of rotatable bonds is 8. The number of esters is 1. The number of carbonyl (C=O) groups excluding carboxylic acids is 3. The summed E-state index contributed by atoms with van der Waals surface area (Å²) in [5, 5.41) is 10.4. The number of amides is 2. The third kappa shape index (κ3) is 4.38. The average Bonchev–Trinajstić information content (AvgIpc) is 3.38. The minimum atomic E-state index is -0.935. The molecule has 0 radical (unpaired) electrons. The molecule has 0 bridgehead atoms. The second-order valence-electron chi connectivity index (χ2n) is 5.92. The molecule has 12 heteroatoms. The molecule has 0 saturated carbocycles. The molecule has 3 aromatic rings. The molecule has 30 heavy (non-hydrogen) atoms. The minimum Gasteiger partial charge on any atom is -0.469 e. The van der Waals surface area contributed by atoms with Gasteiger partial charge in [-0.25, -0.2) is 4.79 Å². The third-order valence-corrected chi connectivity index (χ3v) is 4.70. The number of thioether (sulfide) groups is 1. The Morgan fingerprint density at radius 2 is 1.93 bits per heavy atom. The van der Waals surface area contributed by atoms with Gasteiger partial charge in [0.25, 0.3) is 17.0 Å². The van der Waals surface area contributed by atoms with Crippen LogP contribution in [0.25, 0.3) is 11.5 Å². The number of nitrogens with zero attached hydrogens (tertiary/aromatic N) is 2. The van der Waals surface area contributed by atoms with Crippen molar-refractivity contribution in [3.63, 3.8) is 0 Å². The quantitative estimate of drug-likeness (QED) is 0.397. The summed E-state index contributed by atoms with van der Waals surface area (Å²) in [6.07, 6.45) is 1.50. The topological polar surface area (TPSA) is 164 Å². The van der Waals surface area contributed by atoms with E-state index < -0.39 is 17.8 Å². The van der Waals surface area contributed by atoms with Crippen LogP contribution >= 0.6 is 11.8 Å². The lowest BCUT2D eigenvalue weighted by atomic mass is 10.1. The van der Waals surface area contributed by atoms with Crippen molar-refractivity contribution in [2.24, 2.45) is 5.73 Å². The van der Waals surface area contributed by atoms with Crippen LogP contribution < -0.4 is 11.1 Å². The summed E-state index contributed by atoms with van der Waals surface area (Å²) >= 11 is 0.979. The van der Waals surface area contributed by atoms with Crippen LogP contribution in [0.5, 0.6) is 0 Å². The van der Waals surface area contributed by atoms with Crippen molar-refractivity contribution in [3.05, 3.63) is 35.0 Å². The number of aromatic nitrogens is 2. The number of furan rings is 2. The van der Waals surface area contributed by atoms with E-state index in [1.807, 2.05) is 0 Å². The molecule has 0 spiro atoms. The van der Waals surface area contributed by atoms with Crippen LogP contribution in [0.1, 0.15) is 39.2 Å².